The van der Waals surface area contributed by atoms with Gasteiger partial charge in [0.2, 0.25) is 5.91 Å². The van der Waals surface area contributed by atoms with Gasteiger partial charge in [0.1, 0.15) is 5.69 Å². The predicted molar refractivity (Wildman–Crippen MR) is 96.8 cm³/mol. The van der Waals surface area contributed by atoms with Crippen molar-refractivity contribution in [1.82, 2.24) is 9.47 Å². The van der Waals surface area contributed by atoms with Gasteiger partial charge in [-0.25, -0.2) is 4.79 Å². The molecule has 0 saturated heterocycles. The molecular formula is C19H28N2O4. The van der Waals surface area contributed by atoms with Crippen molar-refractivity contribution >= 4 is 17.7 Å². The van der Waals surface area contributed by atoms with E-state index >= 15 is 0 Å². The van der Waals surface area contributed by atoms with Crippen LogP contribution in [0.15, 0.2) is 12.7 Å². The van der Waals surface area contributed by atoms with Crippen LogP contribution in [0.25, 0.3) is 0 Å². The van der Waals surface area contributed by atoms with Crippen molar-refractivity contribution in [1.29, 1.82) is 0 Å². The fraction of sp³-hybridized carbons (Fsp3) is 0.526. The number of Topliss-reactive ketones (excluding diaryl/α,β-unsaturated/α-hetero) is 1. The molecule has 0 spiro atoms. The first-order valence-electron chi connectivity index (χ1n) is 8.29. The Morgan fingerprint density at radius 2 is 1.80 bits per heavy atom. The molecule has 0 aliphatic rings. The summed E-state index contributed by atoms with van der Waals surface area (Å²) >= 11 is 0. The Hall–Kier alpha value is -2.37. The molecule has 1 amide bonds. The van der Waals surface area contributed by atoms with Crippen molar-refractivity contribution in [2.24, 2.45) is 13.0 Å². The Balaban J connectivity index is 3.37. The molecule has 0 bridgehead atoms. The highest BCUT2D eigenvalue weighted by Gasteiger charge is 2.32. The minimum Gasteiger partial charge on any atom is -0.464 e. The Bertz CT molecular complexity index is 701. The summed E-state index contributed by atoms with van der Waals surface area (Å²) in [6.07, 6.45) is 1.61. The van der Waals surface area contributed by atoms with E-state index in [0.29, 0.717) is 29.1 Å². The summed E-state index contributed by atoms with van der Waals surface area (Å²) < 4.78 is 6.47. The minimum absolute atomic E-state index is 0.111. The second-order valence-electron chi connectivity index (χ2n) is 6.46. The number of carbonyl (C=O) groups is 3. The molecule has 6 nitrogen and oxygen atoms in total. The highest BCUT2D eigenvalue weighted by Crippen LogP contribution is 2.25. The van der Waals surface area contributed by atoms with E-state index in [1.165, 1.54) is 12.0 Å². The standard InChI is InChI=1S/C19H28N2O4/c1-9-10-21(18(23)11(2)3)14(6)17(22)15-12(4)16(19(24)25-8)20(7)13(15)5/h9,11,14H,1,10H2,2-8H3. The molecule has 1 rings (SSSR count). The van der Waals surface area contributed by atoms with E-state index < -0.39 is 12.0 Å². The van der Waals surface area contributed by atoms with E-state index in [2.05, 4.69) is 6.58 Å². The zero-order valence-corrected chi connectivity index (χ0v) is 16.2. The van der Waals surface area contributed by atoms with E-state index in [0.717, 1.165) is 0 Å². The average Bonchev–Trinajstić information content (AvgIpc) is 2.79. The Kier molecular flexibility index (Phi) is 6.73. The van der Waals surface area contributed by atoms with Crippen molar-refractivity contribution in [3.05, 3.63) is 35.2 Å². The van der Waals surface area contributed by atoms with E-state index in [1.807, 2.05) is 0 Å². The number of hydrogen-bond acceptors (Lipinski definition) is 4. The maximum Gasteiger partial charge on any atom is 0.354 e. The van der Waals surface area contributed by atoms with Crippen molar-refractivity contribution in [2.75, 3.05) is 13.7 Å². The lowest BCUT2D eigenvalue weighted by Gasteiger charge is -2.29. The zero-order valence-electron chi connectivity index (χ0n) is 16.2. The van der Waals surface area contributed by atoms with E-state index in [4.69, 9.17) is 4.74 Å². The van der Waals surface area contributed by atoms with Gasteiger partial charge in [-0.3, -0.25) is 9.59 Å². The van der Waals surface area contributed by atoms with Gasteiger partial charge in [-0.2, -0.15) is 0 Å². The highest BCUT2D eigenvalue weighted by atomic mass is 16.5. The lowest BCUT2D eigenvalue weighted by Crippen LogP contribution is -2.45. The smallest absolute Gasteiger partial charge is 0.354 e. The van der Waals surface area contributed by atoms with Crippen LogP contribution in [0.3, 0.4) is 0 Å². The number of esters is 1. The molecular weight excluding hydrogens is 320 g/mol. The van der Waals surface area contributed by atoms with Crippen molar-refractivity contribution in [3.8, 4) is 0 Å². The fourth-order valence-electron chi connectivity index (χ4n) is 2.99. The SMILES string of the molecule is C=CCN(C(=O)C(C)C)C(C)C(=O)c1c(C)c(C(=O)OC)n(C)c1C. The van der Waals surface area contributed by atoms with Gasteiger partial charge < -0.3 is 14.2 Å². The summed E-state index contributed by atoms with van der Waals surface area (Å²) in [6.45, 7) is 12.8. The lowest BCUT2D eigenvalue weighted by atomic mass is 9.99. The molecule has 1 heterocycles. The lowest BCUT2D eigenvalue weighted by molar-refractivity contribution is -0.135. The quantitative estimate of drug-likeness (QED) is 0.432. The summed E-state index contributed by atoms with van der Waals surface area (Å²) in [6, 6.07) is -0.654. The van der Waals surface area contributed by atoms with Gasteiger partial charge in [0.25, 0.3) is 0 Å². The van der Waals surface area contributed by atoms with Crippen LogP contribution in [0.1, 0.15) is 52.9 Å². The number of aromatic nitrogens is 1. The number of hydrogen-bond donors (Lipinski definition) is 0. The predicted octanol–water partition coefficient (Wildman–Crippen LogP) is 2.67. The maximum absolute atomic E-state index is 13.1. The van der Waals surface area contributed by atoms with Crippen LogP contribution >= 0.6 is 0 Å². The van der Waals surface area contributed by atoms with Crippen LogP contribution in [-0.2, 0) is 16.6 Å². The molecule has 0 aliphatic heterocycles. The molecule has 1 unspecified atom stereocenters. The van der Waals surface area contributed by atoms with Crippen LogP contribution in [0.2, 0.25) is 0 Å². The van der Waals surface area contributed by atoms with Gasteiger partial charge in [-0.05, 0) is 26.3 Å². The van der Waals surface area contributed by atoms with Gasteiger partial charge in [0.15, 0.2) is 5.78 Å². The first kappa shape index (κ1) is 20.7. The van der Waals surface area contributed by atoms with Gasteiger partial charge in [-0.1, -0.05) is 19.9 Å². The fourth-order valence-corrected chi connectivity index (χ4v) is 2.99. The highest BCUT2D eigenvalue weighted by molar-refractivity contribution is 6.06. The second kappa shape index (κ2) is 8.14. The third-order valence-corrected chi connectivity index (χ3v) is 4.51. The van der Waals surface area contributed by atoms with E-state index in [9.17, 15) is 14.4 Å². The molecule has 0 fully saturated rings. The Morgan fingerprint density at radius 1 is 1.24 bits per heavy atom. The largest absolute Gasteiger partial charge is 0.464 e. The molecule has 0 aliphatic carbocycles. The number of amides is 1. The zero-order chi connectivity index (χ0) is 19.5. The van der Waals surface area contributed by atoms with Crippen LogP contribution < -0.4 is 0 Å². The van der Waals surface area contributed by atoms with Gasteiger partial charge in [-0.15, -0.1) is 6.58 Å². The summed E-state index contributed by atoms with van der Waals surface area (Å²) in [4.78, 5) is 39.1. The first-order valence-corrected chi connectivity index (χ1v) is 8.29. The molecule has 0 N–H and O–H groups in total. The summed E-state index contributed by atoms with van der Waals surface area (Å²) in [5.41, 5.74) is 2.05. The molecule has 1 aromatic rings. The summed E-state index contributed by atoms with van der Waals surface area (Å²) in [7, 11) is 3.03. The summed E-state index contributed by atoms with van der Waals surface area (Å²) in [5, 5.41) is 0. The van der Waals surface area contributed by atoms with Crippen LogP contribution in [0, 0.1) is 19.8 Å². The molecule has 1 atom stereocenters. The minimum atomic E-state index is -0.654. The van der Waals surface area contributed by atoms with Crippen molar-refractivity contribution < 1.29 is 19.1 Å². The number of methoxy groups -OCH3 is 1. The number of nitrogens with zero attached hydrogens (tertiary/aromatic N) is 2. The molecule has 25 heavy (non-hydrogen) atoms. The normalized spacial score (nSPS) is 12.0. The van der Waals surface area contributed by atoms with Gasteiger partial charge in [0, 0.05) is 30.8 Å². The molecule has 1 aromatic heterocycles. The third-order valence-electron chi connectivity index (χ3n) is 4.51. The van der Waals surface area contributed by atoms with Gasteiger partial charge in [0.05, 0.1) is 13.2 Å². The van der Waals surface area contributed by atoms with Crippen molar-refractivity contribution in [2.45, 2.75) is 40.7 Å². The number of ketones is 1. The molecule has 6 heteroatoms. The number of ether oxygens (including phenoxy) is 1. The number of carbonyl (C=O) groups excluding carboxylic acids is 3. The van der Waals surface area contributed by atoms with Crippen molar-refractivity contribution in [3.63, 3.8) is 0 Å². The molecule has 0 saturated carbocycles. The number of rotatable bonds is 7. The average molecular weight is 348 g/mol. The topological polar surface area (TPSA) is 68.6 Å². The van der Waals surface area contributed by atoms with Gasteiger partial charge >= 0.3 is 5.97 Å². The third kappa shape index (κ3) is 3.83. The van der Waals surface area contributed by atoms with Crippen LogP contribution in [-0.4, -0.2) is 46.8 Å². The van der Waals surface area contributed by atoms with Crippen LogP contribution in [0.5, 0.6) is 0 Å². The van der Waals surface area contributed by atoms with Crippen LogP contribution in [0.4, 0.5) is 0 Å². The van der Waals surface area contributed by atoms with E-state index in [1.54, 1.807) is 52.3 Å². The second-order valence-corrected chi connectivity index (χ2v) is 6.46. The first-order chi connectivity index (χ1) is 11.6. The maximum atomic E-state index is 13.1. The van der Waals surface area contributed by atoms with E-state index in [-0.39, 0.29) is 17.6 Å². The Morgan fingerprint density at radius 3 is 2.24 bits per heavy atom. The monoisotopic (exact) mass is 348 g/mol. The Labute approximate surface area is 149 Å². The molecule has 138 valence electrons. The molecule has 0 aromatic carbocycles. The summed E-state index contributed by atoms with van der Waals surface area (Å²) in [5.74, 6) is -1.02. The molecule has 0 radical (unpaired) electrons.